The van der Waals surface area contributed by atoms with Crippen molar-refractivity contribution in [3.63, 3.8) is 0 Å². The van der Waals surface area contributed by atoms with Crippen LogP contribution in [0.5, 0.6) is 0 Å². The first-order valence-electron chi connectivity index (χ1n) is 5.93. The molecule has 1 atom stereocenters. The van der Waals surface area contributed by atoms with Crippen LogP contribution in [0.3, 0.4) is 0 Å². The van der Waals surface area contributed by atoms with Crippen LogP contribution in [-0.4, -0.2) is 35.2 Å². The Morgan fingerprint density at radius 2 is 2.42 bits per heavy atom. The first-order valence-corrected chi connectivity index (χ1v) is 8.63. The van der Waals surface area contributed by atoms with E-state index < -0.39 is 15.8 Å². The predicted octanol–water partition coefficient (Wildman–Crippen LogP) is 0.447. The largest absolute Gasteiger partial charge is 0.350 e. The van der Waals surface area contributed by atoms with Gasteiger partial charge in [0.05, 0.1) is 29.7 Å². The summed E-state index contributed by atoms with van der Waals surface area (Å²) in [5.41, 5.74) is 0.779. The number of carbonyl (C=O) groups excluding carboxylic acids is 1. The third-order valence-corrected chi connectivity index (χ3v) is 5.73. The number of amides is 1. The zero-order valence-corrected chi connectivity index (χ0v) is 11.7. The topological polar surface area (TPSA) is 80.5 Å². The maximum Gasteiger partial charge on any atom is 0.224 e. The number of rotatable bonds is 3. The van der Waals surface area contributed by atoms with E-state index in [2.05, 4.69) is 10.3 Å². The van der Waals surface area contributed by atoms with Gasteiger partial charge in [0.25, 0.3) is 0 Å². The molecule has 1 fully saturated rings. The normalized spacial score (nSPS) is 21.8. The molecular weight excluding hydrogens is 286 g/mol. The highest BCUT2D eigenvalue weighted by molar-refractivity contribution is 7.91. The van der Waals surface area contributed by atoms with Gasteiger partial charge in [0.2, 0.25) is 5.91 Å². The fourth-order valence-corrected chi connectivity index (χ4v) is 4.65. The molecule has 3 heterocycles. The fraction of sp³-hybridized carbons (Fsp3) is 0.455. The maximum absolute atomic E-state index is 11.9. The number of nitrogens with one attached hydrogen (secondary N) is 1. The van der Waals surface area contributed by atoms with Crippen molar-refractivity contribution in [2.24, 2.45) is 5.92 Å². The van der Waals surface area contributed by atoms with Gasteiger partial charge in [-0.3, -0.25) is 9.20 Å². The molecule has 2 aromatic rings. The predicted molar refractivity (Wildman–Crippen MR) is 71.7 cm³/mol. The summed E-state index contributed by atoms with van der Waals surface area (Å²) < 4.78 is 24.5. The minimum atomic E-state index is -3.01. The zero-order chi connectivity index (χ0) is 13.5. The molecule has 1 aliphatic heterocycles. The molecule has 0 aromatic carbocycles. The molecule has 0 bridgehead atoms. The SMILES string of the molecule is O=C(NCc1cn2ccsc2n1)C1CCS(=O)(=O)C1. The van der Waals surface area contributed by atoms with E-state index >= 15 is 0 Å². The van der Waals surface area contributed by atoms with Gasteiger partial charge in [-0.15, -0.1) is 11.3 Å². The zero-order valence-electron chi connectivity index (χ0n) is 10.1. The molecule has 19 heavy (non-hydrogen) atoms. The van der Waals surface area contributed by atoms with Crippen molar-refractivity contribution in [2.75, 3.05) is 11.5 Å². The minimum Gasteiger partial charge on any atom is -0.350 e. The fourth-order valence-electron chi connectivity index (χ4n) is 2.19. The van der Waals surface area contributed by atoms with E-state index in [9.17, 15) is 13.2 Å². The average molecular weight is 299 g/mol. The quantitative estimate of drug-likeness (QED) is 0.892. The average Bonchev–Trinajstić information content (AvgIpc) is 2.99. The van der Waals surface area contributed by atoms with Crippen LogP contribution < -0.4 is 5.32 Å². The molecule has 102 valence electrons. The third-order valence-electron chi connectivity index (χ3n) is 3.19. The Balaban J connectivity index is 1.60. The summed E-state index contributed by atoms with van der Waals surface area (Å²) in [6, 6.07) is 0. The van der Waals surface area contributed by atoms with Crippen LogP contribution in [-0.2, 0) is 21.2 Å². The minimum absolute atomic E-state index is 0.0306. The monoisotopic (exact) mass is 299 g/mol. The van der Waals surface area contributed by atoms with Gasteiger partial charge in [0, 0.05) is 17.8 Å². The molecular formula is C11H13N3O3S2. The van der Waals surface area contributed by atoms with Crippen LogP contribution in [0.4, 0.5) is 0 Å². The van der Waals surface area contributed by atoms with Gasteiger partial charge in [-0.2, -0.15) is 0 Å². The molecule has 1 saturated heterocycles. The van der Waals surface area contributed by atoms with Crippen molar-refractivity contribution in [3.8, 4) is 0 Å². The van der Waals surface area contributed by atoms with Crippen molar-refractivity contribution < 1.29 is 13.2 Å². The van der Waals surface area contributed by atoms with Gasteiger partial charge in [0.1, 0.15) is 0 Å². The van der Waals surface area contributed by atoms with Gasteiger partial charge in [-0.1, -0.05) is 0 Å². The number of fused-ring (bicyclic) bond motifs is 1. The second kappa shape index (κ2) is 4.61. The first-order chi connectivity index (χ1) is 9.03. The molecule has 0 saturated carbocycles. The van der Waals surface area contributed by atoms with Crippen LogP contribution in [0.2, 0.25) is 0 Å². The Kier molecular flexibility index (Phi) is 3.06. The van der Waals surface area contributed by atoms with Crippen molar-refractivity contribution in [2.45, 2.75) is 13.0 Å². The van der Waals surface area contributed by atoms with Gasteiger partial charge in [0.15, 0.2) is 14.8 Å². The Morgan fingerprint density at radius 1 is 1.58 bits per heavy atom. The molecule has 1 unspecified atom stereocenters. The van der Waals surface area contributed by atoms with E-state index in [1.165, 1.54) is 11.3 Å². The molecule has 2 aromatic heterocycles. The summed E-state index contributed by atoms with van der Waals surface area (Å²) in [6.45, 7) is 0.337. The standard InChI is InChI=1S/C11H13N3O3S2/c15-10(8-1-4-19(16,17)7-8)12-5-9-6-14-2-3-18-11(14)13-9/h2-3,6,8H,1,4-5,7H2,(H,12,15). The van der Waals surface area contributed by atoms with E-state index in [0.717, 1.165) is 10.7 Å². The van der Waals surface area contributed by atoms with Crippen LogP contribution in [0, 0.1) is 5.92 Å². The number of thiazole rings is 1. The molecule has 0 spiro atoms. The van der Waals surface area contributed by atoms with Crippen LogP contribution in [0.1, 0.15) is 12.1 Å². The van der Waals surface area contributed by atoms with Crippen LogP contribution in [0.25, 0.3) is 4.96 Å². The summed E-state index contributed by atoms with van der Waals surface area (Å²) >= 11 is 1.53. The lowest BCUT2D eigenvalue weighted by Crippen LogP contribution is -2.31. The second-order valence-electron chi connectivity index (χ2n) is 4.64. The van der Waals surface area contributed by atoms with E-state index in [4.69, 9.17) is 0 Å². The summed E-state index contributed by atoms with van der Waals surface area (Å²) in [5, 5.41) is 4.69. The van der Waals surface area contributed by atoms with E-state index in [0.29, 0.717) is 13.0 Å². The van der Waals surface area contributed by atoms with E-state index in [1.54, 1.807) is 0 Å². The summed E-state index contributed by atoms with van der Waals surface area (Å²) in [5.74, 6) is -0.520. The molecule has 1 N–H and O–H groups in total. The lowest BCUT2D eigenvalue weighted by molar-refractivity contribution is -0.124. The summed E-state index contributed by atoms with van der Waals surface area (Å²) in [7, 11) is -3.01. The molecule has 8 heteroatoms. The lowest BCUT2D eigenvalue weighted by atomic mass is 10.1. The number of carbonyl (C=O) groups is 1. The number of hydrogen-bond acceptors (Lipinski definition) is 5. The first kappa shape index (κ1) is 12.6. The van der Waals surface area contributed by atoms with Gasteiger partial charge < -0.3 is 5.32 Å². The van der Waals surface area contributed by atoms with Crippen molar-refractivity contribution in [1.82, 2.24) is 14.7 Å². The number of nitrogens with zero attached hydrogens (tertiary/aromatic N) is 2. The number of sulfone groups is 1. The van der Waals surface area contributed by atoms with Crippen LogP contribution >= 0.6 is 11.3 Å². The number of aromatic nitrogens is 2. The lowest BCUT2D eigenvalue weighted by Gasteiger charge is -2.07. The van der Waals surface area contributed by atoms with Crippen molar-refractivity contribution in [3.05, 3.63) is 23.5 Å². The molecule has 1 aliphatic rings. The van der Waals surface area contributed by atoms with Crippen molar-refractivity contribution in [1.29, 1.82) is 0 Å². The molecule has 6 nitrogen and oxygen atoms in total. The van der Waals surface area contributed by atoms with E-state index in [1.807, 2.05) is 22.2 Å². The van der Waals surface area contributed by atoms with Gasteiger partial charge in [-0.05, 0) is 6.42 Å². The smallest absolute Gasteiger partial charge is 0.224 e. The van der Waals surface area contributed by atoms with Crippen molar-refractivity contribution >= 4 is 32.0 Å². The second-order valence-corrected chi connectivity index (χ2v) is 7.74. The third kappa shape index (κ3) is 2.64. The van der Waals surface area contributed by atoms with E-state index in [-0.39, 0.29) is 17.4 Å². The Labute approximate surface area is 114 Å². The Morgan fingerprint density at radius 3 is 3.11 bits per heavy atom. The van der Waals surface area contributed by atoms with Crippen LogP contribution in [0.15, 0.2) is 17.8 Å². The van der Waals surface area contributed by atoms with Gasteiger partial charge >= 0.3 is 0 Å². The number of imidazole rings is 1. The maximum atomic E-state index is 11.9. The highest BCUT2D eigenvalue weighted by Crippen LogP contribution is 2.18. The summed E-state index contributed by atoms with van der Waals surface area (Å²) in [4.78, 5) is 17.1. The number of hydrogen-bond donors (Lipinski definition) is 1. The molecule has 0 aliphatic carbocycles. The van der Waals surface area contributed by atoms with Gasteiger partial charge in [-0.25, -0.2) is 13.4 Å². The molecule has 1 amide bonds. The summed E-state index contributed by atoms with van der Waals surface area (Å²) in [6.07, 6.45) is 4.19. The highest BCUT2D eigenvalue weighted by atomic mass is 32.2. The highest BCUT2D eigenvalue weighted by Gasteiger charge is 2.32. The molecule has 0 radical (unpaired) electrons. The Hall–Kier alpha value is -1.41. The molecule has 3 rings (SSSR count). The Bertz CT molecular complexity index is 688.